The number of hydrogen-bond donors (Lipinski definition) is 2. The minimum absolute atomic E-state index is 0.00816. The van der Waals surface area contributed by atoms with Gasteiger partial charge in [-0.15, -0.1) is 6.58 Å². The van der Waals surface area contributed by atoms with Gasteiger partial charge in [0.25, 0.3) is 0 Å². The van der Waals surface area contributed by atoms with Crippen molar-refractivity contribution in [1.82, 2.24) is 4.90 Å². The molecule has 0 saturated carbocycles. The maximum atomic E-state index is 11.9. The van der Waals surface area contributed by atoms with Crippen LogP contribution in [0.4, 0.5) is 0 Å². The van der Waals surface area contributed by atoms with Crippen molar-refractivity contribution >= 4 is 5.91 Å². The first-order valence-electron chi connectivity index (χ1n) is 6.16. The zero-order valence-corrected chi connectivity index (χ0v) is 11.1. The van der Waals surface area contributed by atoms with E-state index >= 15 is 0 Å². The lowest BCUT2D eigenvalue weighted by molar-refractivity contribution is -0.131. The Hall–Kier alpha value is -0.870. The number of nitrogens with zero attached hydrogens (tertiary/aromatic N) is 1. The highest BCUT2D eigenvalue weighted by atomic mass is 16.3. The van der Waals surface area contributed by atoms with Crippen LogP contribution >= 0.6 is 0 Å². The number of hydrogen-bond acceptors (Lipinski definition) is 3. The monoisotopic (exact) mass is 242 g/mol. The number of carbonyl (C=O) groups excluding carboxylic acids is 1. The predicted molar refractivity (Wildman–Crippen MR) is 70.5 cm³/mol. The van der Waals surface area contributed by atoms with Crippen molar-refractivity contribution in [3.05, 3.63) is 12.7 Å². The van der Waals surface area contributed by atoms with Gasteiger partial charge in [-0.3, -0.25) is 4.79 Å². The molecule has 0 aliphatic rings. The van der Waals surface area contributed by atoms with E-state index in [-0.39, 0.29) is 17.9 Å². The van der Waals surface area contributed by atoms with E-state index in [1.54, 1.807) is 11.0 Å². The summed E-state index contributed by atoms with van der Waals surface area (Å²) in [6.45, 7) is 9.37. The third-order valence-electron chi connectivity index (χ3n) is 2.91. The van der Waals surface area contributed by atoms with E-state index in [0.29, 0.717) is 26.1 Å². The van der Waals surface area contributed by atoms with Crippen LogP contribution in [0.1, 0.15) is 33.1 Å². The zero-order valence-electron chi connectivity index (χ0n) is 11.1. The molecule has 0 fully saturated rings. The van der Waals surface area contributed by atoms with E-state index in [1.165, 1.54) is 0 Å². The first-order chi connectivity index (χ1) is 7.96. The Morgan fingerprint density at radius 1 is 1.47 bits per heavy atom. The van der Waals surface area contributed by atoms with Gasteiger partial charge in [-0.2, -0.15) is 0 Å². The van der Waals surface area contributed by atoms with Crippen molar-refractivity contribution in [3.8, 4) is 0 Å². The van der Waals surface area contributed by atoms with Crippen LogP contribution in [0.3, 0.4) is 0 Å². The summed E-state index contributed by atoms with van der Waals surface area (Å²) < 4.78 is 0. The highest BCUT2D eigenvalue weighted by Gasteiger charge is 2.20. The van der Waals surface area contributed by atoms with Crippen LogP contribution < -0.4 is 5.73 Å². The molecular formula is C13H26N2O2. The summed E-state index contributed by atoms with van der Waals surface area (Å²) >= 11 is 0. The second kappa shape index (κ2) is 8.25. The lowest BCUT2D eigenvalue weighted by Crippen LogP contribution is -2.34. The second-order valence-corrected chi connectivity index (χ2v) is 5.05. The number of nitrogens with two attached hydrogens (primary N) is 1. The van der Waals surface area contributed by atoms with E-state index in [9.17, 15) is 4.79 Å². The Labute approximate surface area is 104 Å². The molecule has 0 radical (unpaired) electrons. The van der Waals surface area contributed by atoms with Crippen LogP contribution in [0, 0.1) is 5.41 Å². The van der Waals surface area contributed by atoms with Crippen molar-refractivity contribution in [1.29, 1.82) is 0 Å². The number of aliphatic hydroxyl groups excluding tert-OH is 1. The molecule has 0 heterocycles. The van der Waals surface area contributed by atoms with Gasteiger partial charge in [0.2, 0.25) is 5.91 Å². The topological polar surface area (TPSA) is 66.6 Å². The number of rotatable bonds is 9. The largest absolute Gasteiger partial charge is 0.395 e. The summed E-state index contributed by atoms with van der Waals surface area (Å²) in [5.74, 6) is 0.0732. The molecular weight excluding hydrogens is 216 g/mol. The molecule has 3 N–H and O–H groups in total. The van der Waals surface area contributed by atoms with Crippen LogP contribution in [-0.2, 0) is 4.79 Å². The van der Waals surface area contributed by atoms with E-state index in [1.807, 2.05) is 0 Å². The van der Waals surface area contributed by atoms with E-state index in [4.69, 9.17) is 10.8 Å². The Balaban J connectivity index is 4.16. The SMILES string of the molecule is C=CCN(CCO)C(=O)CCC(C)(C)CCN. The number of carbonyl (C=O) groups is 1. The minimum Gasteiger partial charge on any atom is -0.395 e. The fraction of sp³-hybridized carbons (Fsp3) is 0.769. The van der Waals surface area contributed by atoms with Crippen molar-refractivity contribution in [2.45, 2.75) is 33.1 Å². The summed E-state index contributed by atoms with van der Waals surface area (Å²) in [5, 5.41) is 8.88. The van der Waals surface area contributed by atoms with Crippen molar-refractivity contribution in [2.75, 3.05) is 26.2 Å². The molecule has 0 spiro atoms. The van der Waals surface area contributed by atoms with Gasteiger partial charge < -0.3 is 15.7 Å². The van der Waals surface area contributed by atoms with Crippen molar-refractivity contribution in [2.24, 2.45) is 11.1 Å². The molecule has 1 amide bonds. The van der Waals surface area contributed by atoms with Gasteiger partial charge in [0.05, 0.1) is 6.61 Å². The first kappa shape index (κ1) is 16.1. The van der Waals surface area contributed by atoms with Crippen molar-refractivity contribution < 1.29 is 9.90 Å². The third kappa shape index (κ3) is 7.13. The molecule has 0 atom stereocenters. The molecule has 0 aromatic heterocycles. The van der Waals surface area contributed by atoms with Crippen LogP contribution in [-0.4, -0.2) is 42.2 Å². The average molecular weight is 242 g/mol. The lowest BCUT2D eigenvalue weighted by Gasteiger charge is -2.26. The maximum Gasteiger partial charge on any atom is 0.222 e. The molecule has 100 valence electrons. The molecule has 0 unspecified atom stereocenters. The van der Waals surface area contributed by atoms with Gasteiger partial charge in [-0.1, -0.05) is 19.9 Å². The third-order valence-corrected chi connectivity index (χ3v) is 2.91. The Morgan fingerprint density at radius 2 is 2.12 bits per heavy atom. The highest BCUT2D eigenvalue weighted by Crippen LogP contribution is 2.26. The summed E-state index contributed by atoms with van der Waals surface area (Å²) in [6.07, 6.45) is 3.92. The van der Waals surface area contributed by atoms with Gasteiger partial charge in [-0.25, -0.2) is 0 Å². The lowest BCUT2D eigenvalue weighted by atomic mass is 9.84. The molecule has 0 bridgehead atoms. The Kier molecular flexibility index (Phi) is 7.83. The molecule has 17 heavy (non-hydrogen) atoms. The van der Waals surface area contributed by atoms with Crippen LogP contribution in [0.15, 0.2) is 12.7 Å². The van der Waals surface area contributed by atoms with Gasteiger partial charge in [0.1, 0.15) is 0 Å². The van der Waals surface area contributed by atoms with Gasteiger partial charge in [-0.05, 0) is 24.8 Å². The van der Waals surface area contributed by atoms with Crippen molar-refractivity contribution in [3.63, 3.8) is 0 Å². The number of amides is 1. The summed E-state index contributed by atoms with van der Waals surface area (Å²) in [5.41, 5.74) is 5.64. The smallest absolute Gasteiger partial charge is 0.222 e. The number of aliphatic hydroxyl groups is 1. The van der Waals surface area contributed by atoms with Gasteiger partial charge in [0.15, 0.2) is 0 Å². The molecule has 0 aromatic rings. The van der Waals surface area contributed by atoms with Crippen LogP contribution in [0.2, 0.25) is 0 Å². The molecule has 4 heteroatoms. The fourth-order valence-electron chi connectivity index (χ4n) is 1.71. The van der Waals surface area contributed by atoms with Gasteiger partial charge >= 0.3 is 0 Å². The van der Waals surface area contributed by atoms with E-state index in [2.05, 4.69) is 20.4 Å². The van der Waals surface area contributed by atoms with Gasteiger partial charge in [0, 0.05) is 19.5 Å². The zero-order chi connectivity index (χ0) is 13.3. The first-order valence-corrected chi connectivity index (χ1v) is 6.16. The van der Waals surface area contributed by atoms with Crippen LogP contribution in [0.25, 0.3) is 0 Å². The Bertz CT molecular complexity index is 240. The molecule has 0 saturated heterocycles. The summed E-state index contributed by atoms with van der Waals surface area (Å²) in [6, 6.07) is 0. The van der Waals surface area contributed by atoms with Crippen LogP contribution in [0.5, 0.6) is 0 Å². The van der Waals surface area contributed by atoms with E-state index in [0.717, 1.165) is 12.8 Å². The molecule has 0 aliphatic heterocycles. The average Bonchev–Trinajstić information content (AvgIpc) is 2.26. The quantitative estimate of drug-likeness (QED) is 0.596. The minimum atomic E-state index is -0.00816. The highest BCUT2D eigenvalue weighted by molar-refractivity contribution is 5.76. The second-order valence-electron chi connectivity index (χ2n) is 5.05. The molecule has 0 rings (SSSR count). The molecule has 4 nitrogen and oxygen atoms in total. The maximum absolute atomic E-state index is 11.9. The fourth-order valence-corrected chi connectivity index (χ4v) is 1.71. The Morgan fingerprint density at radius 3 is 2.59 bits per heavy atom. The summed E-state index contributed by atoms with van der Waals surface area (Å²) in [7, 11) is 0. The van der Waals surface area contributed by atoms with E-state index < -0.39 is 0 Å². The summed E-state index contributed by atoms with van der Waals surface area (Å²) in [4.78, 5) is 13.5. The normalized spacial score (nSPS) is 11.3. The molecule has 0 aliphatic carbocycles. The molecule has 0 aromatic carbocycles. The standard InChI is InChI=1S/C13H26N2O2/c1-4-9-15(10-11-16)12(17)5-6-13(2,3)7-8-14/h4,16H,1,5-11,14H2,2-3H3. The predicted octanol–water partition coefficient (Wildman–Crippen LogP) is 1.15.